The van der Waals surface area contributed by atoms with E-state index in [0.29, 0.717) is 35.6 Å². The lowest BCUT2D eigenvalue weighted by Crippen LogP contribution is -2.56. The number of nitrogens with zero attached hydrogens (tertiary/aromatic N) is 5. The van der Waals surface area contributed by atoms with Crippen LogP contribution in [0, 0.1) is 5.82 Å². The van der Waals surface area contributed by atoms with Gasteiger partial charge in [-0.15, -0.1) is 0 Å². The molecule has 0 radical (unpaired) electrons. The molecule has 1 spiro atoms. The Morgan fingerprint density at radius 1 is 1.18 bits per heavy atom. The number of nitrogens with two attached hydrogens (primary N) is 1. The number of benzene rings is 1. The maximum atomic E-state index is 15.2. The maximum absolute atomic E-state index is 15.2. The molecule has 1 saturated carbocycles. The van der Waals surface area contributed by atoms with Crippen molar-refractivity contribution in [2.75, 3.05) is 19.4 Å². The van der Waals surface area contributed by atoms with Crippen LogP contribution in [0.25, 0.3) is 22.7 Å². The molecule has 3 heterocycles. The summed E-state index contributed by atoms with van der Waals surface area (Å²) in [7, 11) is -1.28. The highest BCUT2D eigenvalue weighted by Gasteiger charge is 2.54. The second kappa shape index (κ2) is 9.68. The molecule has 5 rings (SSSR count). The Kier molecular flexibility index (Phi) is 6.66. The number of ether oxygens (including phenoxy) is 1. The van der Waals surface area contributed by atoms with Crippen molar-refractivity contribution in [2.45, 2.75) is 49.3 Å². The van der Waals surface area contributed by atoms with Crippen molar-refractivity contribution in [1.29, 1.82) is 0 Å². The van der Waals surface area contributed by atoms with Gasteiger partial charge >= 0.3 is 0 Å². The van der Waals surface area contributed by atoms with E-state index >= 15 is 4.39 Å². The average molecular weight is 549 g/mol. The molecular formula is C25H27F3N6O3S. The van der Waals surface area contributed by atoms with Gasteiger partial charge in [0.1, 0.15) is 33.3 Å². The zero-order valence-corrected chi connectivity index (χ0v) is 21.7. The Bertz CT molecular complexity index is 1490. The second-order valence-electron chi connectivity index (χ2n) is 9.65. The van der Waals surface area contributed by atoms with Crippen molar-refractivity contribution in [3.05, 3.63) is 48.0 Å². The van der Waals surface area contributed by atoms with Crippen LogP contribution in [0.3, 0.4) is 0 Å². The summed E-state index contributed by atoms with van der Waals surface area (Å²) < 4.78 is 67.8. The van der Waals surface area contributed by atoms with Crippen LogP contribution in [0.4, 0.5) is 13.2 Å². The molecule has 0 bridgehead atoms. The standard InChI is InChI=1S/C25H27F3N6O3S/c1-24(14-38(35,30-2)25(23(29)33-24)7-3-4-8-25)16-9-15(5-6-17(16)26)20-10-18(34-37-20)19-11-32-22(12-31-19)36-13-21(27)28/h5-6,9-12,21H,3-4,7-8,13-14H2,1-2H3,(H2,29,33)/t24-,38?/m0/s1. The minimum absolute atomic E-state index is 0.0451. The van der Waals surface area contributed by atoms with Crippen molar-refractivity contribution < 1.29 is 26.6 Å². The number of aromatic nitrogens is 3. The van der Waals surface area contributed by atoms with E-state index in [1.807, 2.05) is 0 Å². The number of alkyl halides is 2. The fraction of sp³-hybridized carbons (Fsp3) is 0.440. The van der Waals surface area contributed by atoms with Gasteiger partial charge in [0.2, 0.25) is 5.88 Å². The van der Waals surface area contributed by atoms with Gasteiger partial charge in [0.25, 0.3) is 6.43 Å². The van der Waals surface area contributed by atoms with Crippen molar-refractivity contribution in [1.82, 2.24) is 15.1 Å². The Morgan fingerprint density at radius 2 is 1.95 bits per heavy atom. The summed E-state index contributed by atoms with van der Waals surface area (Å²) in [4.78, 5) is 12.8. The topological polar surface area (TPSA) is 129 Å². The van der Waals surface area contributed by atoms with Crippen molar-refractivity contribution >= 4 is 15.6 Å². The Hall–Kier alpha value is -3.48. The predicted molar refractivity (Wildman–Crippen MR) is 136 cm³/mol. The minimum atomic E-state index is -2.81. The summed E-state index contributed by atoms with van der Waals surface area (Å²) >= 11 is 0. The minimum Gasteiger partial charge on any atom is -0.470 e. The highest BCUT2D eigenvalue weighted by molar-refractivity contribution is 7.95. The number of hydrogen-bond acceptors (Lipinski definition) is 9. The highest BCUT2D eigenvalue weighted by Crippen LogP contribution is 2.46. The van der Waals surface area contributed by atoms with E-state index in [0.717, 1.165) is 12.8 Å². The third-order valence-corrected chi connectivity index (χ3v) is 10.6. The molecule has 1 aliphatic carbocycles. The smallest absolute Gasteiger partial charge is 0.272 e. The molecule has 1 aromatic carbocycles. The maximum Gasteiger partial charge on any atom is 0.272 e. The van der Waals surface area contributed by atoms with Gasteiger partial charge in [0, 0.05) is 24.2 Å². The van der Waals surface area contributed by atoms with Gasteiger partial charge < -0.3 is 15.0 Å². The van der Waals surface area contributed by atoms with E-state index < -0.39 is 38.9 Å². The molecule has 0 amide bonds. The van der Waals surface area contributed by atoms with E-state index in [4.69, 9.17) is 20.0 Å². The fourth-order valence-corrected chi connectivity index (χ4v) is 8.31. The highest BCUT2D eigenvalue weighted by atomic mass is 32.2. The van der Waals surface area contributed by atoms with Crippen LogP contribution in [0.2, 0.25) is 0 Å². The quantitative estimate of drug-likeness (QED) is 0.477. The molecule has 2 atom stereocenters. The van der Waals surface area contributed by atoms with Gasteiger partial charge in [-0.2, -0.15) is 0 Å². The largest absolute Gasteiger partial charge is 0.470 e. The molecule has 2 N–H and O–H groups in total. The van der Waals surface area contributed by atoms with Crippen molar-refractivity contribution in [3.8, 4) is 28.6 Å². The van der Waals surface area contributed by atoms with Crippen molar-refractivity contribution in [2.24, 2.45) is 15.1 Å². The molecule has 2 aromatic heterocycles. The Balaban J connectivity index is 1.47. The summed E-state index contributed by atoms with van der Waals surface area (Å²) in [6.45, 7) is 0.930. The van der Waals surface area contributed by atoms with Gasteiger partial charge in [-0.3, -0.25) is 4.99 Å². The molecule has 1 aliphatic heterocycles. The summed E-state index contributed by atoms with van der Waals surface area (Å²) in [5.41, 5.74) is 6.65. The first-order valence-corrected chi connectivity index (χ1v) is 13.8. The van der Waals surface area contributed by atoms with Crippen LogP contribution in [-0.4, -0.2) is 55.7 Å². The molecule has 1 unspecified atom stereocenters. The number of rotatable bonds is 6. The lowest BCUT2D eigenvalue weighted by molar-refractivity contribution is 0.0794. The van der Waals surface area contributed by atoms with Crippen LogP contribution in [-0.2, 0) is 15.3 Å². The molecule has 0 saturated heterocycles. The van der Waals surface area contributed by atoms with Crippen LogP contribution < -0.4 is 10.5 Å². The first kappa shape index (κ1) is 26.1. The predicted octanol–water partition coefficient (Wildman–Crippen LogP) is 4.58. The van der Waals surface area contributed by atoms with Gasteiger partial charge in [0.15, 0.2) is 12.4 Å². The molecule has 38 heavy (non-hydrogen) atoms. The van der Waals surface area contributed by atoms with E-state index in [1.165, 1.54) is 31.6 Å². The number of aliphatic imine (C=N–C) groups is 1. The molecule has 9 nitrogen and oxygen atoms in total. The van der Waals surface area contributed by atoms with Crippen LogP contribution in [0.15, 0.2) is 50.5 Å². The van der Waals surface area contributed by atoms with Gasteiger partial charge in [-0.05, 0) is 38.0 Å². The first-order chi connectivity index (χ1) is 18.1. The summed E-state index contributed by atoms with van der Waals surface area (Å²) in [6.07, 6.45) is 3.00. The fourth-order valence-electron chi connectivity index (χ4n) is 5.28. The van der Waals surface area contributed by atoms with Gasteiger partial charge in [0.05, 0.1) is 27.9 Å². The second-order valence-corrected chi connectivity index (χ2v) is 12.4. The molecule has 13 heteroatoms. The molecule has 2 aliphatic rings. The van der Waals surface area contributed by atoms with Crippen LogP contribution >= 0.6 is 0 Å². The number of amidine groups is 1. The normalized spacial score (nSPS) is 24.5. The van der Waals surface area contributed by atoms with Crippen LogP contribution in [0.1, 0.15) is 38.2 Å². The third kappa shape index (κ3) is 4.42. The number of halogens is 3. The number of hydrogen-bond donors (Lipinski definition) is 1. The van der Waals surface area contributed by atoms with Gasteiger partial charge in [-0.25, -0.2) is 31.7 Å². The van der Waals surface area contributed by atoms with Crippen molar-refractivity contribution in [3.63, 3.8) is 0 Å². The van der Waals surface area contributed by atoms with Gasteiger partial charge in [-0.1, -0.05) is 18.0 Å². The molecular weight excluding hydrogens is 521 g/mol. The monoisotopic (exact) mass is 548 g/mol. The van der Waals surface area contributed by atoms with Crippen LogP contribution in [0.5, 0.6) is 5.88 Å². The molecule has 3 aromatic rings. The first-order valence-electron chi connectivity index (χ1n) is 12.1. The summed E-state index contributed by atoms with van der Waals surface area (Å²) in [5, 5.41) is 4.00. The lowest BCUT2D eigenvalue weighted by Gasteiger charge is -2.42. The average Bonchev–Trinajstić information content (AvgIpc) is 3.59. The van der Waals surface area contributed by atoms with E-state index in [2.05, 4.69) is 19.5 Å². The third-order valence-electron chi connectivity index (χ3n) is 7.22. The Labute approximate surface area is 217 Å². The van der Waals surface area contributed by atoms with E-state index in [1.54, 1.807) is 19.1 Å². The SMILES string of the molecule is CN=S1(=O)C[C@@](C)(c2cc(-c3cc(-c4cnc(OCC(F)F)cn4)no3)ccc2F)N=C(N)C12CCCC2. The Morgan fingerprint density at radius 3 is 2.61 bits per heavy atom. The lowest BCUT2D eigenvalue weighted by atomic mass is 9.91. The molecule has 202 valence electrons. The summed E-state index contributed by atoms with van der Waals surface area (Å²) in [5.74, 6) is 0.0833. The zero-order valence-electron chi connectivity index (χ0n) is 20.9. The van der Waals surface area contributed by atoms with E-state index in [9.17, 15) is 13.0 Å². The molecule has 1 fully saturated rings. The van der Waals surface area contributed by atoms with E-state index in [-0.39, 0.29) is 23.0 Å². The zero-order chi connectivity index (χ0) is 27.1. The summed E-state index contributed by atoms with van der Waals surface area (Å²) in [6, 6.07) is 6.02.